The minimum absolute atomic E-state index is 0.0875. The number of carbonyl (C=O) groups excluding carboxylic acids is 8. The molecule has 21 nitrogen and oxygen atoms in total. The van der Waals surface area contributed by atoms with Gasteiger partial charge in [-0.05, 0) is 68.4 Å². The van der Waals surface area contributed by atoms with Crippen LogP contribution in [0.4, 0.5) is 0 Å². The van der Waals surface area contributed by atoms with Crippen molar-refractivity contribution in [3.63, 3.8) is 0 Å². The summed E-state index contributed by atoms with van der Waals surface area (Å²) < 4.78 is 0. The van der Waals surface area contributed by atoms with E-state index in [9.17, 15) is 48.6 Å². The van der Waals surface area contributed by atoms with Crippen LogP contribution in [0.25, 0.3) is 11.1 Å². The molecule has 22 heteroatoms. The van der Waals surface area contributed by atoms with Crippen LogP contribution in [0.3, 0.4) is 0 Å². The van der Waals surface area contributed by atoms with Gasteiger partial charge >= 0.3 is 7.12 Å². The third-order valence-corrected chi connectivity index (χ3v) is 9.77. The third kappa shape index (κ3) is 14.9. The summed E-state index contributed by atoms with van der Waals surface area (Å²) in [6.07, 6.45) is -1.11. The Hall–Kier alpha value is -5.94. The van der Waals surface area contributed by atoms with E-state index in [0.29, 0.717) is 6.42 Å². The highest BCUT2D eigenvalue weighted by molar-refractivity contribution is 6.41. The smallest absolute Gasteiger partial charge is 0.426 e. The number of hydrogen-bond acceptors (Lipinski definition) is 13. The van der Waals surface area contributed by atoms with Gasteiger partial charge in [0, 0.05) is 12.1 Å². The lowest BCUT2D eigenvalue weighted by molar-refractivity contribution is -0.142. The van der Waals surface area contributed by atoms with Gasteiger partial charge in [-0.1, -0.05) is 49.7 Å². The summed E-state index contributed by atoms with van der Waals surface area (Å²) in [7, 11) is -1.94. The molecule has 0 aromatic heterocycles. The van der Waals surface area contributed by atoms with Crippen LogP contribution in [0, 0.1) is 0 Å². The average Bonchev–Trinajstić information content (AvgIpc) is 3.72. The number of hydrogen-bond donors (Lipinski definition) is 12. The number of aryl methyl sites for hydroxylation is 1. The summed E-state index contributed by atoms with van der Waals surface area (Å²) in [5.41, 5.74) is 14.2. The van der Waals surface area contributed by atoms with Gasteiger partial charge in [0.15, 0.2) is 6.17 Å². The number of aliphatic hydroxyl groups is 2. The Kier molecular flexibility index (Phi) is 19.2. The molecule has 1 saturated heterocycles. The van der Waals surface area contributed by atoms with Gasteiger partial charge in [0.05, 0.1) is 25.6 Å². The van der Waals surface area contributed by atoms with E-state index in [1.807, 2.05) is 12.1 Å². The summed E-state index contributed by atoms with van der Waals surface area (Å²) in [5, 5.41) is 51.8. The number of likely N-dealkylation sites (tertiary alicyclic amines) is 1. The van der Waals surface area contributed by atoms with Crippen molar-refractivity contribution in [1.29, 1.82) is 0 Å². The molecular formula is C39H56BN9O12. The molecule has 1 aliphatic rings. The molecule has 7 atom stereocenters. The predicted molar refractivity (Wildman–Crippen MR) is 220 cm³/mol. The van der Waals surface area contributed by atoms with Crippen LogP contribution in [-0.2, 0) is 40.0 Å². The molecule has 0 bridgehead atoms. The molecule has 2 aromatic rings. The second-order valence-corrected chi connectivity index (χ2v) is 14.7. The van der Waals surface area contributed by atoms with Crippen molar-refractivity contribution in [3.8, 4) is 11.1 Å². The molecule has 0 aliphatic carbocycles. The molecule has 1 fully saturated rings. The monoisotopic (exact) mass is 853 g/mol. The molecule has 61 heavy (non-hydrogen) atoms. The Morgan fingerprint density at radius 1 is 0.820 bits per heavy atom. The van der Waals surface area contributed by atoms with Crippen molar-refractivity contribution in [1.82, 2.24) is 36.8 Å². The Balaban J connectivity index is 1.57. The molecule has 3 rings (SSSR count). The molecule has 0 spiro atoms. The van der Waals surface area contributed by atoms with Crippen molar-refractivity contribution in [2.24, 2.45) is 11.5 Å². The number of carbonyl (C=O) groups is 8. The minimum Gasteiger partial charge on any atom is -0.426 e. The van der Waals surface area contributed by atoms with Crippen LogP contribution >= 0.6 is 0 Å². The normalized spacial score (nSPS) is 16.4. The molecule has 1 aliphatic heterocycles. The number of aliphatic hydroxyl groups excluding tert-OH is 2. The van der Waals surface area contributed by atoms with Crippen molar-refractivity contribution in [3.05, 3.63) is 59.7 Å². The van der Waals surface area contributed by atoms with Gasteiger partial charge in [0.2, 0.25) is 35.4 Å². The first-order chi connectivity index (χ1) is 28.9. The Morgan fingerprint density at radius 2 is 1.44 bits per heavy atom. The molecule has 2 aromatic carbocycles. The lowest BCUT2D eigenvalue weighted by atomic mass is 9.92. The molecule has 0 saturated carbocycles. The number of primary amides is 1. The average molecular weight is 854 g/mol. The van der Waals surface area contributed by atoms with Gasteiger partial charge in [-0.25, -0.2) is 0 Å². The van der Waals surface area contributed by atoms with Gasteiger partial charge in [0.25, 0.3) is 11.8 Å². The van der Waals surface area contributed by atoms with Gasteiger partial charge in [-0.15, -0.1) is 0 Å². The Bertz CT molecular complexity index is 1870. The highest BCUT2D eigenvalue weighted by atomic mass is 16.4. The molecule has 1 unspecified atom stereocenters. The van der Waals surface area contributed by atoms with Crippen LogP contribution in [0.5, 0.6) is 0 Å². The highest BCUT2D eigenvalue weighted by Crippen LogP contribution is 2.22. The zero-order chi connectivity index (χ0) is 45.4. The molecule has 0 radical (unpaired) electrons. The summed E-state index contributed by atoms with van der Waals surface area (Å²) in [4.78, 5) is 104. The van der Waals surface area contributed by atoms with Crippen LogP contribution in [0.1, 0.15) is 68.8 Å². The molecule has 1 heterocycles. The molecule has 8 amide bonds. The van der Waals surface area contributed by atoms with Crippen molar-refractivity contribution in [2.75, 3.05) is 19.6 Å². The van der Waals surface area contributed by atoms with Crippen LogP contribution in [-0.4, -0.2) is 142 Å². The zero-order valence-corrected chi connectivity index (χ0v) is 34.3. The van der Waals surface area contributed by atoms with Crippen molar-refractivity contribution >= 4 is 54.4 Å². The fourth-order valence-electron chi connectivity index (χ4n) is 6.37. The van der Waals surface area contributed by atoms with E-state index >= 15 is 0 Å². The van der Waals surface area contributed by atoms with E-state index in [4.69, 9.17) is 21.5 Å². The standard InChI is InChI=1S/C39H56BN9O12/c1-4-5-7-23-9-11-24(12-10-23)25-13-15-26(16-14-25)33(53)46-28(19-50)35(55)44-21(2)39(59)49-17-6-8-29(49)36(56)47-31(22(3)51)37(57)48-32(42)38(58)45-27(18-30(41)52)34(54)43-20-40(60)61/h9-16,21-22,27-29,31-32,50-51,60-61H,4-8,17-20,42H2,1-3H3,(H2,41,52)(H,43,54)(H,44,55)(H,45,58)(H,46,53)(H,47,56)(H,48,57)/t21-,22?,27+,28-,29+,31+,32-/m1/s1. The third-order valence-electron chi connectivity index (χ3n) is 9.77. The van der Waals surface area contributed by atoms with Gasteiger partial charge < -0.3 is 68.5 Å². The Morgan fingerprint density at radius 3 is 2.00 bits per heavy atom. The fraction of sp³-hybridized carbons (Fsp3) is 0.487. The van der Waals surface area contributed by atoms with Crippen LogP contribution in [0.2, 0.25) is 0 Å². The first-order valence-corrected chi connectivity index (χ1v) is 19.9. The van der Waals surface area contributed by atoms with E-state index in [1.165, 1.54) is 17.4 Å². The number of benzene rings is 2. The van der Waals surface area contributed by atoms with Crippen molar-refractivity contribution < 1.29 is 58.6 Å². The zero-order valence-electron chi connectivity index (χ0n) is 34.3. The maximum atomic E-state index is 13.5. The second kappa shape index (κ2) is 23.7. The van der Waals surface area contributed by atoms with Gasteiger partial charge in [0.1, 0.15) is 30.2 Å². The van der Waals surface area contributed by atoms with Crippen LogP contribution < -0.4 is 43.4 Å². The van der Waals surface area contributed by atoms with Gasteiger partial charge in [-0.3, -0.25) is 38.4 Å². The maximum absolute atomic E-state index is 13.5. The fourth-order valence-corrected chi connectivity index (χ4v) is 6.37. The molecular weight excluding hydrogens is 797 g/mol. The van der Waals surface area contributed by atoms with E-state index in [1.54, 1.807) is 24.3 Å². The number of amides is 8. The topological polar surface area (TPSA) is 345 Å². The van der Waals surface area contributed by atoms with E-state index in [0.717, 1.165) is 37.3 Å². The lowest BCUT2D eigenvalue weighted by Gasteiger charge is -2.30. The van der Waals surface area contributed by atoms with Crippen molar-refractivity contribution in [2.45, 2.75) is 102 Å². The summed E-state index contributed by atoms with van der Waals surface area (Å²) >= 11 is 0. The molecule has 14 N–H and O–H groups in total. The van der Waals surface area contributed by atoms with E-state index in [-0.39, 0.29) is 18.5 Å². The summed E-state index contributed by atoms with van der Waals surface area (Å²) in [6, 6.07) is 7.72. The lowest BCUT2D eigenvalue weighted by Crippen LogP contribution is -2.63. The summed E-state index contributed by atoms with van der Waals surface area (Å²) in [5.74, 6) is -7.41. The number of rotatable bonds is 22. The predicted octanol–water partition coefficient (Wildman–Crippen LogP) is -3.96. The summed E-state index contributed by atoms with van der Waals surface area (Å²) in [6.45, 7) is 3.95. The number of nitrogens with two attached hydrogens (primary N) is 2. The van der Waals surface area contributed by atoms with Crippen LogP contribution in [0.15, 0.2) is 48.5 Å². The quantitative estimate of drug-likeness (QED) is 0.0398. The highest BCUT2D eigenvalue weighted by Gasteiger charge is 2.39. The first-order valence-electron chi connectivity index (χ1n) is 19.9. The van der Waals surface area contributed by atoms with Gasteiger partial charge in [-0.2, -0.15) is 0 Å². The largest absolute Gasteiger partial charge is 0.472 e. The Labute approximate surface area is 352 Å². The maximum Gasteiger partial charge on any atom is 0.472 e. The minimum atomic E-state index is -1.94. The number of nitrogens with one attached hydrogen (secondary N) is 6. The first kappa shape index (κ1) is 49.4. The second-order valence-electron chi connectivity index (χ2n) is 14.7. The number of unbranched alkanes of at least 4 members (excludes halogenated alkanes) is 1. The number of nitrogens with zero attached hydrogens (tertiary/aromatic N) is 1. The van der Waals surface area contributed by atoms with E-state index < -0.39 is 116 Å². The van der Waals surface area contributed by atoms with E-state index in [2.05, 4.69) is 51.0 Å². The molecule has 332 valence electrons. The SMILES string of the molecule is CCCCc1ccc(-c2ccc(C(=O)N[C@H](CO)C(=O)N[C@H](C)C(=O)N3CCC[C@H]3C(=O)N[C@H](C(=O)N[C@@H](N)C(=O)N[C@@H](CC(N)=O)C(=O)NCB(O)O)C(C)O)cc2)cc1.